The van der Waals surface area contributed by atoms with Crippen molar-refractivity contribution in [1.29, 1.82) is 0 Å². The summed E-state index contributed by atoms with van der Waals surface area (Å²) in [4.78, 5) is 29.2. The molecule has 9 heteroatoms. The van der Waals surface area contributed by atoms with Crippen LogP contribution in [0.1, 0.15) is 55.7 Å². The van der Waals surface area contributed by atoms with E-state index in [4.69, 9.17) is 11.6 Å². The number of benzene rings is 3. The number of nitrogens with one attached hydrogen (secondary N) is 1. The number of halogens is 1. The molecule has 0 unspecified atom stereocenters. The number of nitrogens with zero attached hydrogens (tertiary/aromatic N) is 2. The lowest BCUT2D eigenvalue weighted by Crippen LogP contribution is -2.53. The minimum absolute atomic E-state index is 0.0198. The Labute approximate surface area is 248 Å². The molecule has 1 atom stereocenters. The van der Waals surface area contributed by atoms with Crippen LogP contribution in [0.25, 0.3) is 0 Å². The van der Waals surface area contributed by atoms with E-state index in [-0.39, 0.29) is 23.4 Å². The van der Waals surface area contributed by atoms with Gasteiger partial charge in [-0.2, -0.15) is 0 Å². The average Bonchev–Trinajstić information content (AvgIpc) is 3.46. The van der Waals surface area contributed by atoms with Crippen molar-refractivity contribution in [3.8, 4) is 0 Å². The highest BCUT2D eigenvalue weighted by atomic mass is 35.5. The summed E-state index contributed by atoms with van der Waals surface area (Å²) in [5.41, 5.74) is 3.26. The second-order valence-corrected chi connectivity index (χ2v) is 13.0. The summed E-state index contributed by atoms with van der Waals surface area (Å²) in [6.45, 7) is 5.48. The summed E-state index contributed by atoms with van der Waals surface area (Å²) in [5.74, 6) is -0.667. The van der Waals surface area contributed by atoms with Crippen LogP contribution in [-0.4, -0.2) is 43.8 Å². The van der Waals surface area contributed by atoms with Gasteiger partial charge in [0.1, 0.15) is 12.6 Å². The average molecular weight is 596 g/mol. The van der Waals surface area contributed by atoms with Crippen LogP contribution < -0.4 is 9.62 Å². The maximum absolute atomic E-state index is 14.2. The van der Waals surface area contributed by atoms with Crippen LogP contribution in [0.15, 0.2) is 77.7 Å². The molecule has 0 bridgehead atoms. The molecule has 4 rings (SSSR count). The van der Waals surface area contributed by atoms with E-state index in [1.54, 1.807) is 24.3 Å². The van der Waals surface area contributed by atoms with Gasteiger partial charge in [-0.15, -0.1) is 0 Å². The molecule has 1 fully saturated rings. The molecular formula is C32H38ClN3O4S. The van der Waals surface area contributed by atoms with Gasteiger partial charge in [0, 0.05) is 17.6 Å². The monoisotopic (exact) mass is 595 g/mol. The van der Waals surface area contributed by atoms with Crippen molar-refractivity contribution in [1.82, 2.24) is 10.2 Å². The van der Waals surface area contributed by atoms with Gasteiger partial charge in [0.05, 0.1) is 10.6 Å². The number of hydrogen-bond donors (Lipinski definition) is 1. The fourth-order valence-electron chi connectivity index (χ4n) is 5.15. The number of sulfonamides is 1. The predicted octanol–water partition coefficient (Wildman–Crippen LogP) is 6.02. The summed E-state index contributed by atoms with van der Waals surface area (Å²) in [7, 11) is -4.14. The summed E-state index contributed by atoms with van der Waals surface area (Å²) in [6.07, 6.45) is 4.39. The van der Waals surface area contributed by atoms with Crippen molar-refractivity contribution in [3.63, 3.8) is 0 Å². The van der Waals surface area contributed by atoms with E-state index in [0.29, 0.717) is 17.1 Å². The second kappa shape index (κ2) is 13.5. The van der Waals surface area contributed by atoms with Gasteiger partial charge >= 0.3 is 0 Å². The van der Waals surface area contributed by atoms with E-state index < -0.39 is 28.5 Å². The van der Waals surface area contributed by atoms with Gasteiger partial charge in [0.15, 0.2) is 0 Å². The molecule has 218 valence electrons. The molecule has 0 aliphatic heterocycles. The summed E-state index contributed by atoms with van der Waals surface area (Å²) < 4.78 is 29.0. The molecule has 3 aromatic carbocycles. The fraction of sp³-hybridized carbons (Fsp3) is 0.375. The fourth-order valence-corrected chi connectivity index (χ4v) is 6.69. The molecule has 1 N–H and O–H groups in total. The molecular weight excluding hydrogens is 558 g/mol. The van der Waals surface area contributed by atoms with Gasteiger partial charge in [0.25, 0.3) is 10.0 Å². The standard InChI is InChI=1S/C32H38ClN3O4S/c1-4-30(32(38)34-27-7-5-6-8-27)35(21-25-13-9-23(2)10-14-25)31(37)22-36(28-17-11-24(3)12-18-28)41(39,40)29-19-15-26(33)16-20-29/h9-20,27,30H,4-8,21-22H2,1-3H3,(H,34,38)/t30-/m1/s1. The summed E-state index contributed by atoms with van der Waals surface area (Å²) in [5, 5.41) is 3.54. The van der Waals surface area contributed by atoms with Gasteiger partial charge in [-0.1, -0.05) is 78.9 Å². The molecule has 0 spiro atoms. The van der Waals surface area contributed by atoms with E-state index in [0.717, 1.165) is 46.7 Å². The number of rotatable bonds is 11. The SMILES string of the molecule is CC[C@H](C(=O)NC1CCCC1)N(Cc1ccc(C)cc1)C(=O)CN(c1ccc(C)cc1)S(=O)(=O)c1ccc(Cl)cc1. The maximum atomic E-state index is 14.2. The summed E-state index contributed by atoms with van der Waals surface area (Å²) >= 11 is 6.02. The van der Waals surface area contributed by atoms with Crippen LogP contribution in [0.4, 0.5) is 5.69 Å². The number of carbonyl (C=O) groups excluding carboxylic acids is 2. The Balaban J connectivity index is 1.70. The first-order valence-corrected chi connectivity index (χ1v) is 15.9. The van der Waals surface area contributed by atoms with E-state index in [2.05, 4.69) is 5.32 Å². The van der Waals surface area contributed by atoms with Crippen molar-refractivity contribution in [3.05, 3.63) is 94.5 Å². The first-order valence-electron chi connectivity index (χ1n) is 14.1. The zero-order valence-electron chi connectivity index (χ0n) is 23.8. The number of carbonyl (C=O) groups is 2. The third-order valence-corrected chi connectivity index (χ3v) is 9.60. The molecule has 2 amide bonds. The van der Waals surface area contributed by atoms with Crippen molar-refractivity contribution in [2.24, 2.45) is 0 Å². The van der Waals surface area contributed by atoms with E-state index >= 15 is 0 Å². The Morgan fingerprint density at radius 3 is 2.02 bits per heavy atom. The van der Waals surface area contributed by atoms with Crippen LogP contribution in [0.5, 0.6) is 0 Å². The lowest BCUT2D eigenvalue weighted by atomic mass is 10.1. The largest absolute Gasteiger partial charge is 0.352 e. The van der Waals surface area contributed by atoms with Gasteiger partial charge in [0.2, 0.25) is 11.8 Å². The van der Waals surface area contributed by atoms with Gasteiger partial charge in [-0.3, -0.25) is 13.9 Å². The minimum Gasteiger partial charge on any atom is -0.352 e. The van der Waals surface area contributed by atoms with Crippen LogP contribution in [0.3, 0.4) is 0 Å². The van der Waals surface area contributed by atoms with Crippen LogP contribution in [0.2, 0.25) is 5.02 Å². The Hall–Kier alpha value is -3.36. The normalized spacial score (nSPS) is 14.4. The Morgan fingerprint density at radius 1 is 0.902 bits per heavy atom. The molecule has 7 nitrogen and oxygen atoms in total. The van der Waals surface area contributed by atoms with Gasteiger partial charge in [-0.05, 0) is 75.1 Å². The topological polar surface area (TPSA) is 86.8 Å². The molecule has 0 aromatic heterocycles. The molecule has 0 saturated heterocycles. The second-order valence-electron chi connectivity index (χ2n) is 10.7. The maximum Gasteiger partial charge on any atom is 0.264 e. The van der Waals surface area contributed by atoms with Crippen LogP contribution >= 0.6 is 11.6 Å². The molecule has 1 saturated carbocycles. The van der Waals surface area contributed by atoms with E-state index in [1.807, 2.05) is 45.0 Å². The Kier molecular flexibility index (Phi) is 10.1. The highest BCUT2D eigenvalue weighted by Crippen LogP contribution is 2.26. The van der Waals surface area contributed by atoms with Crippen molar-refractivity contribution in [2.75, 3.05) is 10.8 Å². The van der Waals surface area contributed by atoms with Crippen molar-refractivity contribution >= 4 is 39.1 Å². The first-order chi connectivity index (χ1) is 19.6. The molecule has 1 aliphatic rings. The van der Waals surface area contributed by atoms with Gasteiger partial charge in [-0.25, -0.2) is 8.42 Å². The number of hydrogen-bond acceptors (Lipinski definition) is 4. The molecule has 0 heterocycles. The molecule has 41 heavy (non-hydrogen) atoms. The molecule has 0 radical (unpaired) electrons. The first kappa shape index (κ1) is 30.6. The highest BCUT2D eigenvalue weighted by Gasteiger charge is 2.34. The predicted molar refractivity (Wildman–Crippen MR) is 163 cm³/mol. The smallest absolute Gasteiger partial charge is 0.264 e. The van der Waals surface area contributed by atoms with Crippen LogP contribution in [0, 0.1) is 13.8 Å². The quantitative estimate of drug-likeness (QED) is 0.294. The molecule has 1 aliphatic carbocycles. The zero-order valence-corrected chi connectivity index (χ0v) is 25.4. The number of anilines is 1. The van der Waals surface area contributed by atoms with E-state index in [1.165, 1.54) is 29.2 Å². The van der Waals surface area contributed by atoms with Crippen LogP contribution in [-0.2, 0) is 26.2 Å². The number of aryl methyl sites for hydroxylation is 2. The lowest BCUT2D eigenvalue weighted by molar-refractivity contribution is -0.140. The lowest BCUT2D eigenvalue weighted by Gasteiger charge is -2.33. The molecule has 3 aromatic rings. The van der Waals surface area contributed by atoms with Gasteiger partial charge < -0.3 is 10.2 Å². The van der Waals surface area contributed by atoms with Crippen molar-refractivity contribution in [2.45, 2.75) is 76.4 Å². The number of amides is 2. The highest BCUT2D eigenvalue weighted by molar-refractivity contribution is 7.92. The minimum atomic E-state index is -4.14. The Bertz CT molecular complexity index is 1440. The summed E-state index contributed by atoms with van der Waals surface area (Å²) in [6, 6.07) is 20.0. The Morgan fingerprint density at radius 2 is 1.46 bits per heavy atom. The zero-order chi connectivity index (χ0) is 29.6. The third kappa shape index (κ3) is 7.68. The van der Waals surface area contributed by atoms with E-state index in [9.17, 15) is 18.0 Å². The van der Waals surface area contributed by atoms with Crippen molar-refractivity contribution < 1.29 is 18.0 Å². The third-order valence-electron chi connectivity index (χ3n) is 7.56.